The maximum atomic E-state index is 12.0. The van der Waals surface area contributed by atoms with E-state index in [1.54, 1.807) is 0 Å². The molecule has 0 aromatic heterocycles. The van der Waals surface area contributed by atoms with Crippen molar-refractivity contribution in [1.29, 1.82) is 0 Å². The maximum absolute atomic E-state index is 12.0. The molecular weight excluding hydrogens is 204 g/mol. The summed E-state index contributed by atoms with van der Waals surface area (Å²) in [6.07, 6.45) is 6.28. The SMILES string of the molecule is CCC(CCO)NC(=O)C1(N)CCCCC1. The molecule has 0 aliphatic heterocycles. The fourth-order valence-corrected chi connectivity index (χ4v) is 2.27. The van der Waals surface area contributed by atoms with E-state index in [0.29, 0.717) is 6.42 Å². The Kier molecular flexibility index (Phi) is 5.22. The number of amides is 1. The van der Waals surface area contributed by atoms with Gasteiger partial charge in [-0.05, 0) is 25.7 Å². The molecule has 1 rings (SSSR count). The largest absolute Gasteiger partial charge is 0.396 e. The van der Waals surface area contributed by atoms with E-state index >= 15 is 0 Å². The van der Waals surface area contributed by atoms with Crippen molar-refractivity contribution in [2.24, 2.45) is 5.73 Å². The van der Waals surface area contributed by atoms with E-state index in [-0.39, 0.29) is 18.6 Å². The topological polar surface area (TPSA) is 75.3 Å². The third kappa shape index (κ3) is 3.46. The minimum absolute atomic E-state index is 0.0347. The molecule has 4 N–H and O–H groups in total. The molecule has 1 fully saturated rings. The van der Waals surface area contributed by atoms with Crippen molar-refractivity contribution in [1.82, 2.24) is 5.32 Å². The molecule has 1 aliphatic rings. The molecular formula is C12H24N2O2. The Bertz CT molecular complexity index is 225. The molecule has 0 aromatic carbocycles. The van der Waals surface area contributed by atoms with Crippen LogP contribution in [-0.4, -0.2) is 29.2 Å². The predicted molar refractivity (Wildman–Crippen MR) is 63.9 cm³/mol. The number of nitrogens with two attached hydrogens (primary N) is 1. The van der Waals surface area contributed by atoms with Crippen LogP contribution < -0.4 is 11.1 Å². The smallest absolute Gasteiger partial charge is 0.240 e. The van der Waals surface area contributed by atoms with Crippen LogP contribution in [0.15, 0.2) is 0 Å². The molecule has 4 nitrogen and oxygen atoms in total. The molecule has 1 saturated carbocycles. The van der Waals surface area contributed by atoms with Crippen LogP contribution in [0.1, 0.15) is 51.9 Å². The van der Waals surface area contributed by atoms with Gasteiger partial charge in [-0.3, -0.25) is 4.79 Å². The molecule has 16 heavy (non-hydrogen) atoms. The van der Waals surface area contributed by atoms with Crippen LogP contribution in [-0.2, 0) is 4.79 Å². The summed E-state index contributed by atoms with van der Waals surface area (Å²) in [4.78, 5) is 12.0. The normalized spacial score (nSPS) is 21.4. The first-order valence-corrected chi connectivity index (χ1v) is 6.33. The highest BCUT2D eigenvalue weighted by Gasteiger charge is 2.35. The summed E-state index contributed by atoms with van der Waals surface area (Å²) < 4.78 is 0. The summed E-state index contributed by atoms with van der Waals surface area (Å²) in [5.74, 6) is -0.0347. The maximum Gasteiger partial charge on any atom is 0.240 e. The Morgan fingerprint density at radius 3 is 2.56 bits per heavy atom. The highest BCUT2D eigenvalue weighted by Crippen LogP contribution is 2.26. The van der Waals surface area contributed by atoms with E-state index in [9.17, 15) is 4.79 Å². The number of carbonyl (C=O) groups is 1. The molecule has 4 heteroatoms. The zero-order valence-corrected chi connectivity index (χ0v) is 10.2. The minimum atomic E-state index is -0.666. The minimum Gasteiger partial charge on any atom is -0.396 e. The van der Waals surface area contributed by atoms with Gasteiger partial charge in [-0.25, -0.2) is 0 Å². The van der Waals surface area contributed by atoms with Gasteiger partial charge in [0.05, 0.1) is 5.54 Å². The Hall–Kier alpha value is -0.610. The first-order valence-electron chi connectivity index (χ1n) is 6.33. The monoisotopic (exact) mass is 228 g/mol. The van der Waals surface area contributed by atoms with Gasteiger partial charge in [0.15, 0.2) is 0 Å². The number of hydrogen-bond donors (Lipinski definition) is 3. The van der Waals surface area contributed by atoms with Crippen LogP contribution in [0.4, 0.5) is 0 Å². The molecule has 0 saturated heterocycles. The van der Waals surface area contributed by atoms with E-state index in [4.69, 9.17) is 10.8 Å². The van der Waals surface area contributed by atoms with Gasteiger partial charge in [-0.1, -0.05) is 26.2 Å². The van der Waals surface area contributed by atoms with Gasteiger partial charge in [0.2, 0.25) is 5.91 Å². The lowest BCUT2D eigenvalue weighted by Crippen LogP contribution is -2.57. The van der Waals surface area contributed by atoms with Crippen LogP contribution in [0.25, 0.3) is 0 Å². The molecule has 1 amide bonds. The van der Waals surface area contributed by atoms with E-state index in [0.717, 1.165) is 32.1 Å². The highest BCUT2D eigenvalue weighted by atomic mass is 16.3. The Labute approximate surface area is 97.6 Å². The number of aliphatic hydroxyl groups is 1. The Balaban J connectivity index is 2.48. The molecule has 1 aliphatic carbocycles. The second-order valence-electron chi connectivity index (χ2n) is 4.81. The lowest BCUT2D eigenvalue weighted by atomic mass is 9.81. The Morgan fingerprint density at radius 2 is 2.06 bits per heavy atom. The van der Waals surface area contributed by atoms with Crippen molar-refractivity contribution in [3.63, 3.8) is 0 Å². The summed E-state index contributed by atoms with van der Waals surface area (Å²) in [6, 6.07) is 0.0554. The average Bonchev–Trinajstić information content (AvgIpc) is 2.29. The summed E-state index contributed by atoms with van der Waals surface area (Å²) in [6.45, 7) is 2.11. The fourth-order valence-electron chi connectivity index (χ4n) is 2.27. The average molecular weight is 228 g/mol. The summed E-state index contributed by atoms with van der Waals surface area (Å²) >= 11 is 0. The predicted octanol–water partition coefficient (Wildman–Crippen LogP) is 0.925. The lowest BCUT2D eigenvalue weighted by Gasteiger charge is -2.33. The number of carbonyl (C=O) groups excluding carboxylic acids is 1. The fraction of sp³-hybridized carbons (Fsp3) is 0.917. The first kappa shape index (κ1) is 13.5. The quantitative estimate of drug-likeness (QED) is 0.655. The number of rotatable bonds is 5. The zero-order chi connectivity index (χ0) is 12.0. The highest BCUT2D eigenvalue weighted by molar-refractivity contribution is 5.86. The molecule has 0 radical (unpaired) electrons. The summed E-state index contributed by atoms with van der Waals surface area (Å²) in [5.41, 5.74) is 5.46. The number of hydrogen-bond acceptors (Lipinski definition) is 3. The Morgan fingerprint density at radius 1 is 1.44 bits per heavy atom. The molecule has 94 valence electrons. The molecule has 0 heterocycles. The summed E-state index contributed by atoms with van der Waals surface area (Å²) in [7, 11) is 0. The van der Waals surface area contributed by atoms with Gasteiger partial charge < -0.3 is 16.2 Å². The molecule has 1 atom stereocenters. The van der Waals surface area contributed by atoms with Gasteiger partial charge in [0.1, 0.15) is 0 Å². The van der Waals surface area contributed by atoms with E-state index in [1.165, 1.54) is 6.42 Å². The molecule has 0 aromatic rings. The molecule has 1 unspecified atom stereocenters. The third-order valence-electron chi connectivity index (χ3n) is 3.50. The van der Waals surface area contributed by atoms with Gasteiger partial charge >= 0.3 is 0 Å². The van der Waals surface area contributed by atoms with Crippen molar-refractivity contribution >= 4 is 5.91 Å². The van der Waals surface area contributed by atoms with Gasteiger partial charge in [0.25, 0.3) is 0 Å². The molecule has 0 spiro atoms. The van der Waals surface area contributed by atoms with E-state index < -0.39 is 5.54 Å². The first-order chi connectivity index (χ1) is 7.62. The van der Waals surface area contributed by atoms with Crippen molar-refractivity contribution in [3.05, 3.63) is 0 Å². The second kappa shape index (κ2) is 6.21. The van der Waals surface area contributed by atoms with Crippen molar-refractivity contribution in [2.45, 2.75) is 63.5 Å². The van der Waals surface area contributed by atoms with E-state index in [2.05, 4.69) is 5.32 Å². The standard InChI is InChI=1S/C12H24N2O2/c1-2-10(6-9-15)14-11(16)12(13)7-4-3-5-8-12/h10,15H,2-9,13H2,1H3,(H,14,16). The van der Waals surface area contributed by atoms with Crippen LogP contribution >= 0.6 is 0 Å². The third-order valence-corrected chi connectivity index (χ3v) is 3.50. The van der Waals surface area contributed by atoms with Crippen molar-refractivity contribution in [2.75, 3.05) is 6.61 Å². The number of aliphatic hydroxyl groups excluding tert-OH is 1. The van der Waals surface area contributed by atoms with Gasteiger partial charge in [0, 0.05) is 12.6 Å². The van der Waals surface area contributed by atoms with Gasteiger partial charge in [-0.15, -0.1) is 0 Å². The van der Waals surface area contributed by atoms with E-state index in [1.807, 2.05) is 6.92 Å². The number of nitrogens with one attached hydrogen (secondary N) is 1. The van der Waals surface area contributed by atoms with Crippen molar-refractivity contribution in [3.8, 4) is 0 Å². The van der Waals surface area contributed by atoms with Crippen molar-refractivity contribution < 1.29 is 9.90 Å². The van der Waals surface area contributed by atoms with Crippen LogP contribution in [0.2, 0.25) is 0 Å². The molecule has 0 bridgehead atoms. The summed E-state index contributed by atoms with van der Waals surface area (Å²) in [5, 5.41) is 11.8. The van der Waals surface area contributed by atoms with Crippen LogP contribution in [0.3, 0.4) is 0 Å². The van der Waals surface area contributed by atoms with Crippen LogP contribution in [0, 0.1) is 0 Å². The lowest BCUT2D eigenvalue weighted by molar-refractivity contribution is -0.128. The van der Waals surface area contributed by atoms with Crippen LogP contribution in [0.5, 0.6) is 0 Å². The second-order valence-corrected chi connectivity index (χ2v) is 4.81. The van der Waals surface area contributed by atoms with Gasteiger partial charge in [-0.2, -0.15) is 0 Å². The zero-order valence-electron chi connectivity index (χ0n) is 10.2.